The molecule has 0 heterocycles. The monoisotopic (exact) mass is 248 g/mol. The molecule has 0 unspecified atom stereocenters. The third kappa shape index (κ3) is 2.93. The van der Waals surface area contributed by atoms with E-state index >= 15 is 0 Å². The number of unbranched alkanes of at least 4 members (excludes halogenated alkanes) is 1. The lowest BCUT2D eigenvalue weighted by Gasteiger charge is -2.07. The van der Waals surface area contributed by atoms with E-state index in [4.69, 9.17) is 5.11 Å². The normalized spacial score (nSPS) is 10.9. The molecule has 0 bridgehead atoms. The van der Waals surface area contributed by atoms with E-state index in [1.807, 2.05) is 30.3 Å². The molecular formula is C14H16O2S. The van der Waals surface area contributed by atoms with Crippen molar-refractivity contribution in [3.63, 3.8) is 0 Å². The standard InChI is InChI=1S/C14H16O2S/c15-9-3-4-10-17-14-8-7-13(16)11-5-1-2-6-12(11)14/h1-2,5-8,15-16H,3-4,9-10H2. The van der Waals surface area contributed by atoms with Crippen LogP contribution in [0.2, 0.25) is 0 Å². The molecule has 2 N–H and O–H groups in total. The van der Waals surface area contributed by atoms with Gasteiger partial charge in [0.2, 0.25) is 0 Å². The molecule has 0 saturated heterocycles. The first kappa shape index (κ1) is 12.3. The van der Waals surface area contributed by atoms with Crippen molar-refractivity contribution in [2.75, 3.05) is 12.4 Å². The molecule has 0 aromatic heterocycles. The molecule has 0 atom stereocenters. The minimum atomic E-state index is 0.261. The van der Waals surface area contributed by atoms with Crippen molar-refractivity contribution in [3.05, 3.63) is 36.4 Å². The lowest BCUT2D eigenvalue weighted by Crippen LogP contribution is -1.86. The molecule has 17 heavy (non-hydrogen) atoms. The summed E-state index contributed by atoms with van der Waals surface area (Å²) in [6.07, 6.45) is 1.86. The minimum Gasteiger partial charge on any atom is -0.507 e. The Hall–Kier alpha value is -1.19. The first-order chi connectivity index (χ1) is 8.33. The zero-order valence-corrected chi connectivity index (χ0v) is 10.4. The fraction of sp³-hybridized carbons (Fsp3) is 0.286. The fourth-order valence-electron chi connectivity index (χ4n) is 1.78. The number of phenols is 1. The number of thioether (sulfide) groups is 1. The van der Waals surface area contributed by atoms with Crippen LogP contribution in [0.1, 0.15) is 12.8 Å². The summed E-state index contributed by atoms with van der Waals surface area (Å²) in [6.45, 7) is 0.261. The van der Waals surface area contributed by atoms with Crippen molar-refractivity contribution < 1.29 is 10.2 Å². The van der Waals surface area contributed by atoms with Gasteiger partial charge in [0, 0.05) is 16.9 Å². The molecule has 0 radical (unpaired) electrons. The van der Waals surface area contributed by atoms with Crippen molar-refractivity contribution in [2.24, 2.45) is 0 Å². The number of rotatable bonds is 5. The molecule has 0 spiro atoms. The molecule has 0 aliphatic rings. The third-order valence-electron chi connectivity index (χ3n) is 2.67. The van der Waals surface area contributed by atoms with Crippen molar-refractivity contribution >= 4 is 22.5 Å². The van der Waals surface area contributed by atoms with E-state index in [1.165, 1.54) is 4.90 Å². The topological polar surface area (TPSA) is 40.5 Å². The molecule has 0 amide bonds. The Morgan fingerprint density at radius 3 is 2.47 bits per heavy atom. The highest BCUT2D eigenvalue weighted by atomic mass is 32.2. The second-order valence-corrected chi connectivity index (χ2v) is 5.04. The molecule has 0 saturated carbocycles. The van der Waals surface area contributed by atoms with Crippen LogP contribution in [0.15, 0.2) is 41.3 Å². The lowest BCUT2D eigenvalue weighted by atomic mass is 10.1. The van der Waals surface area contributed by atoms with E-state index in [2.05, 4.69) is 0 Å². The van der Waals surface area contributed by atoms with Crippen molar-refractivity contribution in [1.29, 1.82) is 0 Å². The highest BCUT2D eigenvalue weighted by Gasteiger charge is 2.04. The molecule has 2 nitrogen and oxygen atoms in total. The molecular weight excluding hydrogens is 232 g/mol. The van der Waals surface area contributed by atoms with Crippen LogP contribution in [0.4, 0.5) is 0 Å². The molecule has 3 heteroatoms. The van der Waals surface area contributed by atoms with E-state index in [-0.39, 0.29) is 6.61 Å². The summed E-state index contributed by atoms with van der Waals surface area (Å²) in [6, 6.07) is 11.6. The van der Waals surface area contributed by atoms with E-state index < -0.39 is 0 Å². The average molecular weight is 248 g/mol. The largest absolute Gasteiger partial charge is 0.507 e. The van der Waals surface area contributed by atoms with Gasteiger partial charge in [-0.05, 0) is 36.1 Å². The number of aliphatic hydroxyl groups excluding tert-OH is 1. The number of hydrogen-bond acceptors (Lipinski definition) is 3. The van der Waals surface area contributed by atoms with Gasteiger partial charge in [0.15, 0.2) is 0 Å². The second kappa shape index (κ2) is 5.94. The van der Waals surface area contributed by atoms with Gasteiger partial charge in [-0.2, -0.15) is 0 Å². The van der Waals surface area contributed by atoms with Crippen LogP contribution in [0.25, 0.3) is 10.8 Å². The van der Waals surface area contributed by atoms with Gasteiger partial charge in [0.05, 0.1) is 0 Å². The first-order valence-corrected chi connectivity index (χ1v) is 6.76. The Morgan fingerprint density at radius 1 is 0.941 bits per heavy atom. The maximum Gasteiger partial charge on any atom is 0.123 e. The summed E-state index contributed by atoms with van der Waals surface area (Å²) >= 11 is 1.78. The molecule has 90 valence electrons. The molecule has 0 aliphatic heterocycles. The van der Waals surface area contributed by atoms with Crippen molar-refractivity contribution in [1.82, 2.24) is 0 Å². The maximum atomic E-state index is 9.76. The summed E-state index contributed by atoms with van der Waals surface area (Å²) in [5.74, 6) is 1.33. The van der Waals surface area contributed by atoms with E-state index in [0.717, 1.165) is 29.4 Å². The smallest absolute Gasteiger partial charge is 0.123 e. The molecule has 0 aliphatic carbocycles. The fourth-order valence-corrected chi connectivity index (χ4v) is 2.84. The molecule has 2 aromatic rings. The lowest BCUT2D eigenvalue weighted by molar-refractivity contribution is 0.287. The third-order valence-corrected chi connectivity index (χ3v) is 3.83. The summed E-state index contributed by atoms with van der Waals surface area (Å²) in [4.78, 5) is 1.19. The van der Waals surface area contributed by atoms with Crippen LogP contribution in [0.5, 0.6) is 5.75 Å². The van der Waals surface area contributed by atoms with Crippen LogP contribution >= 0.6 is 11.8 Å². The van der Waals surface area contributed by atoms with Crippen LogP contribution in [0, 0.1) is 0 Å². The van der Waals surface area contributed by atoms with Crippen molar-refractivity contribution in [3.8, 4) is 5.75 Å². The van der Waals surface area contributed by atoms with Gasteiger partial charge >= 0.3 is 0 Å². The van der Waals surface area contributed by atoms with Gasteiger partial charge < -0.3 is 10.2 Å². The van der Waals surface area contributed by atoms with Gasteiger partial charge in [-0.15, -0.1) is 11.8 Å². The predicted octanol–water partition coefficient (Wildman–Crippen LogP) is 3.41. The number of benzene rings is 2. The number of phenolic OH excluding ortho intramolecular Hbond substituents is 1. The van der Waals surface area contributed by atoms with Crippen LogP contribution in [0.3, 0.4) is 0 Å². The van der Waals surface area contributed by atoms with Gasteiger partial charge in [-0.3, -0.25) is 0 Å². The number of hydrogen-bond donors (Lipinski definition) is 2. The van der Waals surface area contributed by atoms with E-state index in [9.17, 15) is 5.11 Å². The summed E-state index contributed by atoms with van der Waals surface area (Å²) in [5.41, 5.74) is 0. The number of aromatic hydroxyl groups is 1. The Morgan fingerprint density at radius 2 is 1.71 bits per heavy atom. The Balaban J connectivity index is 2.20. The highest BCUT2D eigenvalue weighted by molar-refractivity contribution is 7.99. The summed E-state index contributed by atoms with van der Waals surface area (Å²) in [7, 11) is 0. The first-order valence-electron chi connectivity index (χ1n) is 5.77. The van der Waals surface area contributed by atoms with Crippen LogP contribution in [-0.2, 0) is 0 Å². The van der Waals surface area contributed by atoms with Crippen LogP contribution in [-0.4, -0.2) is 22.6 Å². The Bertz CT molecular complexity index is 497. The zero-order chi connectivity index (χ0) is 12.1. The van der Waals surface area contributed by atoms with Crippen LogP contribution < -0.4 is 0 Å². The van der Waals surface area contributed by atoms with Gasteiger partial charge in [0.1, 0.15) is 5.75 Å². The van der Waals surface area contributed by atoms with E-state index in [1.54, 1.807) is 17.8 Å². The number of fused-ring (bicyclic) bond motifs is 1. The molecule has 2 aromatic carbocycles. The predicted molar refractivity (Wildman–Crippen MR) is 72.7 cm³/mol. The van der Waals surface area contributed by atoms with Gasteiger partial charge in [-0.1, -0.05) is 24.3 Å². The SMILES string of the molecule is OCCCCSc1ccc(O)c2ccccc12. The summed E-state index contributed by atoms with van der Waals surface area (Å²) in [5, 5.41) is 20.5. The Kier molecular flexibility index (Phi) is 4.29. The van der Waals surface area contributed by atoms with E-state index in [0.29, 0.717) is 5.75 Å². The summed E-state index contributed by atoms with van der Waals surface area (Å²) < 4.78 is 0. The highest BCUT2D eigenvalue weighted by Crippen LogP contribution is 2.33. The molecule has 0 fully saturated rings. The molecule has 2 rings (SSSR count). The maximum absolute atomic E-state index is 9.76. The van der Waals surface area contributed by atoms with Gasteiger partial charge in [0.25, 0.3) is 0 Å². The second-order valence-electron chi connectivity index (χ2n) is 3.91. The zero-order valence-electron chi connectivity index (χ0n) is 9.60. The minimum absolute atomic E-state index is 0.261. The van der Waals surface area contributed by atoms with Gasteiger partial charge in [-0.25, -0.2) is 0 Å². The Labute approximate surface area is 105 Å². The quantitative estimate of drug-likeness (QED) is 0.629. The average Bonchev–Trinajstić information content (AvgIpc) is 2.37. The van der Waals surface area contributed by atoms with Crippen molar-refractivity contribution in [2.45, 2.75) is 17.7 Å². The number of aliphatic hydroxyl groups is 1.